The maximum Gasteiger partial charge on any atom is 0.333 e. The van der Waals surface area contributed by atoms with Gasteiger partial charge < -0.3 is 10.4 Å². The highest BCUT2D eigenvalue weighted by molar-refractivity contribution is 5.90. The Labute approximate surface area is 118 Å². The Kier molecular flexibility index (Phi) is 3.04. The molecule has 2 fully saturated rings. The lowest BCUT2D eigenvalue weighted by Crippen LogP contribution is -2.50. The van der Waals surface area contributed by atoms with Crippen LogP contribution in [0, 0.1) is 17.8 Å². The molecule has 1 aromatic rings. The van der Waals surface area contributed by atoms with Gasteiger partial charge in [-0.25, -0.2) is 4.79 Å². The Bertz CT molecular complexity index is 532. The highest BCUT2D eigenvalue weighted by Gasteiger charge is 2.57. The molecule has 3 rings (SSSR count). The van der Waals surface area contributed by atoms with E-state index >= 15 is 0 Å². The summed E-state index contributed by atoms with van der Waals surface area (Å²) < 4.78 is 0. The second kappa shape index (κ2) is 4.62. The minimum atomic E-state index is -1.35. The number of hydrogen-bond donors (Lipinski definition) is 2. The number of benzene rings is 1. The number of carboxylic acid groups (broad SMARTS) is 1. The molecule has 3 atom stereocenters. The zero-order valence-electron chi connectivity index (χ0n) is 11.5. The molecule has 4 heteroatoms. The van der Waals surface area contributed by atoms with Gasteiger partial charge in [-0.05, 0) is 37.2 Å². The van der Waals surface area contributed by atoms with Crippen molar-refractivity contribution in [2.75, 3.05) is 0 Å². The molecule has 1 aromatic carbocycles. The molecule has 0 aromatic heterocycles. The normalized spacial score (nSPS) is 30.1. The summed E-state index contributed by atoms with van der Waals surface area (Å²) in [6.45, 7) is 1.56. The zero-order valence-corrected chi connectivity index (χ0v) is 11.5. The smallest absolute Gasteiger partial charge is 0.333 e. The molecule has 1 amide bonds. The topological polar surface area (TPSA) is 66.4 Å². The van der Waals surface area contributed by atoms with Crippen molar-refractivity contribution in [3.8, 4) is 0 Å². The largest absolute Gasteiger partial charge is 0.479 e. The van der Waals surface area contributed by atoms with Crippen molar-refractivity contribution in [2.24, 2.45) is 17.8 Å². The van der Waals surface area contributed by atoms with Crippen molar-refractivity contribution >= 4 is 11.9 Å². The predicted molar refractivity (Wildman–Crippen MR) is 73.9 cm³/mol. The van der Waals surface area contributed by atoms with Crippen LogP contribution >= 0.6 is 0 Å². The molecule has 0 bridgehead atoms. The van der Waals surface area contributed by atoms with E-state index in [1.807, 2.05) is 6.07 Å². The van der Waals surface area contributed by atoms with Crippen LogP contribution in [0.1, 0.15) is 31.7 Å². The molecule has 0 spiro atoms. The molecule has 0 aliphatic heterocycles. The highest BCUT2D eigenvalue weighted by atomic mass is 16.4. The number of nitrogens with one attached hydrogen (secondary N) is 1. The number of amides is 1. The van der Waals surface area contributed by atoms with Gasteiger partial charge in [0.2, 0.25) is 5.91 Å². The van der Waals surface area contributed by atoms with E-state index in [0.717, 1.165) is 12.8 Å². The van der Waals surface area contributed by atoms with Crippen LogP contribution in [-0.2, 0) is 15.1 Å². The van der Waals surface area contributed by atoms with E-state index in [1.54, 1.807) is 31.2 Å². The van der Waals surface area contributed by atoms with Gasteiger partial charge in [0.05, 0.1) is 0 Å². The van der Waals surface area contributed by atoms with Crippen molar-refractivity contribution in [3.63, 3.8) is 0 Å². The number of fused-ring (bicyclic) bond motifs is 1. The van der Waals surface area contributed by atoms with Crippen LogP contribution in [0.4, 0.5) is 0 Å². The molecule has 2 saturated carbocycles. The number of carboxylic acids is 1. The zero-order chi connectivity index (χ0) is 14.3. The molecule has 3 unspecified atom stereocenters. The van der Waals surface area contributed by atoms with Gasteiger partial charge in [-0.15, -0.1) is 0 Å². The standard InChI is InChI=1S/C16H19NO3/c1-16(15(19)20,10-6-3-2-4-7-10)17-14(18)13-11-8-5-9-12(11)13/h2-4,6-7,11-13H,5,8-9H2,1H3,(H,17,18)(H,19,20). The van der Waals surface area contributed by atoms with Crippen LogP contribution in [0.15, 0.2) is 30.3 Å². The number of carbonyl (C=O) groups is 2. The Morgan fingerprint density at radius 1 is 1.20 bits per heavy atom. The number of aliphatic carboxylic acids is 1. The SMILES string of the molecule is CC(NC(=O)C1C2CCCC21)(C(=O)O)c1ccccc1. The van der Waals surface area contributed by atoms with Crippen molar-refractivity contribution < 1.29 is 14.7 Å². The Hall–Kier alpha value is -1.84. The lowest BCUT2D eigenvalue weighted by atomic mass is 9.91. The van der Waals surface area contributed by atoms with E-state index < -0.39 is 11.5 Å². The lowest BCUT2D eigenvalue weighted by molar-refractivity contribution is -0.147. The summed E-state index contributed by atoms with van der Waals surface area (Å²) in [5.41, 5.74) is -0.749. The average Bonchev–Trinajstić information content (AvgIpc) is 2.93. The van der Waals surface area contributed by atoms with E-state index in [1.165, 1.54) is 6.42 Å². The monoisotopic (exact) mass is 273 g/mol. The molecular formula is C16H19NO3. The van der Waals surface area contributed by atoms with Gasteiger partial charge in [-0.3, -0.25) is 4.79 Å². The van der Waals surface area contributed by atoms with Crippen molar-refractivity contribution in [1.82, 2.24) is 5.32 Å². The summed E-state index contributed by atoms with van der Waals surface area (Å²) in [6.07, 6.45) is 3.42. The van der Waals surface area contributed by atoms with Crippen LogP contribution in [0.3, 0.4) is 0 Å². The Morgan fingerprint density at radius 2 is 1.80 bits per heavy atom. The molecular weight excluding hydrogens is 254 g/mol. The molecule has 0 radical (unpaired) electrons. The van der Waals surface area contributed by atoms with E-state index in [4.69, 9.17) is 0 Å². The van der Waals surface area contributed by atoms with E-state index in [-0.39, 0.29) is 11.8 Å². The summed E-state index contributed by atoms with van der Waals surface area (Å²) in [6, 6.07) is 8.88. The third kappa shape index (κ3) is 1.99. The minimum absolute atomic E-state index is 0.0335. The first-order valence-corrected chi connectivity index (χ1v) is 7.15. The fourth-order valence-electron chi connectivity index (χ4n) is 3.56. The molecule has 20 heavy (non-hydrogen) atoms. The first-order chi connectivity index (χ1) is 9.54. The average molecular weight is 273 g/mol. The maximum absolute atomic E-state index is 12.3. The number of rotatable bonds is 4. The lowest BCUT2D eigenvalue weighted by Gasteiger charge is -2.27. The second-order valence-corrected chi connectivity index (χ2v) is 6.07. The van der Waals surface area contributed by atoms with Crippen LogP contribution in [-0.4, -0.2) is 17.0 Å². The van der Waals surface area contributed by atoms with Gasteiger partial charge in [0.25, 0.3) is 0 Å². The number of carbonyl (C=O) groups excluding carboxylic acids is 1. The first kappa shape index (κ1) is 13.2. The van der Waals surface area contributed by atoms with E-state index in [2.05, 4.69) is 5.32 Å². The molecule has 106 valence electrons. The van der Waals surface area contributed by atoms with Gasteiger partial charge in [0.15, 0.2) is 5.54 Å². The molecule has 2 aliphatic rings. The van der Waals surface area contributed by atoms with Gasteiger partial charge in [-0.2, -0.15) is 0 Å². The van der Waals surface area contributed by atoms with Gasteiger partial charge in [-0.1, -0.05) is 36.8 Å². The minimum Gasteiger partial charge on any atom is -0.479 e. The molecule has 2 aliphatic carbocycles. The summed E-state index contributed by atoms with van der Waals surface area (Å²) in [5, 5.41) is 12.3. The Morgan fingerprint density at radius 3 is 2.35 bits per heavy atom. The second-order valence-electron chi connectivity index (χ2n) is 6.07. The Balaban J connectivity index is 1.78. The first-order valence-electron chi connectivity index (χ1n) is 7.15. The predicted octanol–water partition coefficient (Wildman–Crippen LogP) is 2.15. The van der Waals surface area contributed by atoms with Crippen molar-refractivity contribution in [1.29, 1.82) is 0 Å². The van der Waals surface area contributed by atoms with Crippen LogP contribution < -0.4 is 5.32 Å². The fourth-order valence-corrected chi connectivity index (χ4v) is 3.56. The summed E-state index contributed by atoms with van der Waals surface area (Å²) in [4.78, 5) is 24.0. The van der Waals surface area contributed by atoms with Crippen LogP contribution in [0.5, 0.6) is 0 Å². The molecule has 0 heterocycles. The molecule has 4 nitrogen and oxygen atoms in total. The summed E-state index contributed by atoms with van der Waals surface area (Å²) >= 11 is 0. The highest BCUT2D eigenvalue weighted by Crippen LogP contribution is 2.57. The number of hydrogen-bond acceptors (Lipinski definition) is 2. The van der Waals surface area contributed by atoms with Gasteiger partial charge in [0, 0.05) is 5.92 Å². The fraction of sp³-hybridized carbons (Fsp3) is 0.500. The summed E-state index contributed by atoms with van der Waals surface area (Å²) in [5.74, 6) is -0.116. The van der Waals surface area contributed by atoms with Crippen LogP contribution in [0.25, 0.3) is 0 Å². The summed E-state index contributed by atoms with van der Waals surface area (Å²) in [7, 11) is 0. The third-order valence-corrected chi connectivity index (χ3v) is 4.86. The molecule has 0 saturated heterocycles. The van der Waals surface area contributed by atoms with Gasteiger partial charge >= 0.3 is 5.97 Å². The molecule has 2 N–H and O–H groups in total. The maximum atomic E-state index is 12.3. The third-order valence-electron chi connectivity index (χ3n) is 4.86. The van der Waals surface area contributed by atoms with Crippen molar-refractivity contribution in [3.05, 3.63) is 35.9 Å². The van der Waals surface area contributed by atoms with Gasteiger partial charge in [0.1, 0.15) is 0 Å². The van der Waals surface area contributed by atoms with Crippen LogP contribution in [0.2, 0.25) is 0 Å². The van der Waals surface area contributed by atoms with Crippen molar-refractivity contribution in [2.45, 2.75) is 31.7 Å². The quantitative estimate of drug-likeness (QED) is 0.883. The van der Waals surface area contributed by atoms with E-state index in [9.17, 15) is 14.7 Å². The van der Waals surface area contributed by atoms with E-state index in [0.29, 0.717) is 17.4 Å².